The van der Waals surface area contributed by atoms with Crippen molar-refractivity contribution in [2.45, 2.75) is 32.7 Å². The van der Waals surface area contributed by atoms with Crippen LogP contribution < -0.4 is 5.73 Å². The summed E-state index contributed by atoms with van der Waals surface area (Å²) in [6.45, 7) is 3.97. The number of nitrogens with zero attached hydrogens (tertiary/aromatic N) is 3. The summed E-state index contributed by atoms with van der Waals surface area (Å²) in [5.74, 6) is 0.119. The number of hydrogen-bond donors (Lipinski definition) is 2. The topological polar surface area (TPSA) is 80.2 Å². The van der Waals surface area contributed by atoms with Crippen LogP contribution in [0.2, 0.25) is 0 Å². The van der Waals surface area contributed by atoms with Crippen LogP contribution in [0.3, 0.4) is 0 Å². The Labute approximate surface area is 94.5 Å². The standard InChI is InChI=1S/C10H17N5O/c1-7-4-15-9(5-14(7)10(11)12)3-8(13-15)6-16-2/h3,7H,4-6H2,1-2H3,(H3,11,12)/t7-/m1/s1. The molecule has 88 valence electrons. The van der Waals surface area contributed by atoms with Crippen LogP contribution in [-0.2, 0) is 24.4 Å². The molecule has 1 aliphatic rings. The van der Waals surface area contributed by atoms with Crippen molar-refractivity contribution >= 4 is 5.96 Å². The molecule has 6 nitrogen and oxygen atoms in total. The van der Waals surface area contributed by atoms with Gasteiger partial charge in [0.15, 0.2) is 5.96 Å². The van der Waals surface area contributed by atoms with Gasteiger partial charge in [-0.1, -0.05) is 0 Å². The van der Waals surface area contributed by atoms with E-state index >= 15 is 0 Å². The smallest absolute Gasteiger partial charge is 0.189 e. The predicted octanol–water partition coefficient (Wildman–Crippen LogP) is 0.127. The number of guanidine groups is 1. The molecule has 0 fully saturated rings. The summed E-state index contributed by atoms with van der Waals surface area (Å²) in [5.41, 5.74) is 7.54. The van der Waals surface area contributed by atoms with Crippen LogP contribution >= 0.6 is 0 Å². The Balaban J connectivity index is 2.22. The van der Waals surface area contributed by atoms with Gasteiger partial charge in [-0.3, -0.25) is 10.1 Å². The van der Waals surface area contributed by atoms with Crippen molar-refractivity contribution in [2.24, 2.45) is 5.73 Å². The molecule has 1 aromatic rings. The second-order valence-electron chi connectivity index (χ2n) is 4.10. The minimum Gasteiger partial charge on any atom is -0.378 e. The highest BCUT2D eigenvalue weighted by atomic mass is 16.5. The van der Waals surface area contributed by atoms with E-state index in [0.717, 1.165) is 17.9 Å². The Kier molecular flexibility index (Phi) is 2.82. The lowest BCUT2D eigenvalue weighted by Crippen LogP contribution is -2.47. The second kappa shape index (κ2) is 4.13. The molecule has 6 heteroatoms. The van der Waals surface area contributed by atoms with Gasteiger partial charge in [0.2, 0.25) is 0 Å². The lowest BCUT2D eigenvalue weighted by atomic mass is 10.2. The van der Waals surface area contributed by atoms with Crippen molar-refractivity contribution in [1.29, 1.82) is 5.41 Å². The summed E-state index contributed by atoms with van der Waals surface area (Å²) < 4.78 is 7.02. The first-order chi connectivity index (χ1) is 7.61. The zero-order chi connectivity index (χ0) is 11.7. The second-order valence-corrected chi connectivity index (χ2v) is 4.10. The zero-order valence-electron chi connectivity index (χ0n) is 9.60. The molecule has 0 unspecified atom stereocenters. The van der Waals surface area contributed by atoms with E-state index < -0.39 is 0 Å². The maximum Gasteiger partial charge on any atom is 0.189 e. The third kappa shape index (κ3) is 1.88. The molecule has 1 aliphatic heterocycles. The van der Waals surface area contributed by atoms with Crippen LogP contribution in [0.5, 0.6) is 0 Å². The largest absolute Gasteiger partial charge is 0.378 e. The van der Waals surface area contributed by atoms with E-state index in [9.17, 15) is 0 Å². The van der Waals surface area contributed by atoms with Crippen molar-refractivity contribution < 1.29 is 4.74 Å². The molecule has 3 N–H and O–H groups in total. The van der Waals surface area contributed by atoms with Gasteiger partial charge in [-0.25, -0.2) is 0 Å². The molecule has 0 aromatic carbocycles. The summed E-state index contributed by atoms with van der Waals surface area (Å²) in [6, 6.07) is 2.21. The Morgan fingerprint density at radius 1 is 1.75 bits per heavy atom. The summed E-state index contributed by atoms with van der Waals surface area (Å²) >= 11 is 0. The molecular formula is C10H17N5O. The molecule has 2 rings (SSSR count). The average molecular weight is 223 g/mol. The molecule has 16 heavy (non-hydrogen) atoms. The first kappa shape index (κ1) is 10.9. The van der Waals surface area contributed by atoms with Crippen LogP contribution in [0.4, 0.5) is 0 Å². The summed E-state index contributed by atoms with van der Waals surface area (Å²) in [4.78, 5) is 1.87. The normalized spacial score (nSPS) is 19.6. The van der Waals surface area contributed by atoms with E-state index in [4.69, 9.17) is 15.9 Å². The fourth-order valence-electron chi connectivity index (χ4n) is 2.02. The molecule has 0 amide bonds. The molecule has 0 saturated carbocycles. The molecular weight excluding hydrogens is 206 g/mol. The third-order valence-electron chi connectivity index (χ3n) is 2.82. The van der Waals surface area contributed by atoms with Crippen molar-refractivity contribution in [3.05, 3.63) is 17.5 Å². The molecule has 0 bridgehead atoms. The molecule has 0 spiro atoms. The molecule has 1 aromatic heterocycles. The molecule has 2 heterocycles. The highest BCUT2D eigenvalue weighted by Crippen LogP contribution is 2.17. The van der Waals surface area contributed by atoms with Crippen LogP contribution in [0.25, 0.3) is 0 Å². The molecule has 0 saturated heterocycles. The summed E-state index contributed by atoms with van der Waals surface area (Å²) in [5, 5.41) is 11.9. The quantitative estimate of drug-likeness (QED) is 0.551. The van der Waals surface area contributed by atoms with Gasteiger partial charge in [0.1, 0.15) is 0 Å². The van der Waals surface area contributed by atoms with Gasteiger partial charge in [0, 0.05) is 13.2 Å². The first-order valence-corrected chi connectivity index (χ1v) is 5.27. The van der Waals surface area contributed by atoms with Crippen molar-refractivity contribution in [2.75, 3.05) is 7.11 Å². The highest BCUT2D eigenvalue weighted by Gasteiger charge is 2.24. The molecule has 0 radical (unpaired) electrons. The van der Waals surface area contributed by atoms with Gasteiger partial charge in [-0.2, -0.15) is 5.10 Å². The summed E-state index contributed by atoms with van der Waals surface area (Å²) in [7, 11) is 1.66. The minimum atomic E-state index is 0.119. The fraction of sp³-hybridized carbons (Fsp3) is 0.600. The van der Waals surface area contributed by atoms with Gasteiger partial charge in [0.25, 0.3) is 0 Å². The Hall–Kier alpha value is -1.56. The van der Waals surface area contributed by atoms with E-state index in [1.54, 1.807) is 7.11 Å². The Morgan fingerprint density at radius 3 is 3.12 bits per heavy atom. The monoisotopic (exact) mass is 223 g/mol. The maximum atomic E-state index is 7.50. The van der Waals surface area contributed by atoms with E-state index in [2.05, 4.69) is 5.10 Å². The SMILES string of the molecule is COCc1cc2n(n1)C[C@@H](C)N(C(=N)N)C2. The van der Waals surface area contributed by atoms with Crippen LogP contribution in [0.15, 0.2) is 6.07 Å². The Bertz CT molecular complexity index is 400. The van der Waals surface area contributed by atoms with Crippen molar-refractivity contribution in [3.63, 3.8) is 0 Å². The highest BCUT2D eigenvalue weighted by molar-refractivity contribution is 5.75. The number of nitrogens with one attached hydrogen (secondary N) is 1. The van der Waals surface area contributed by atoms with E-state index in [1.807, 2.05) is 22.6 Å². The van der Waals surface area contributed by atoms with E-state index in [1.165, 1.54) is 0 Å². The number of hydrogen-bond acceptors (Lipinski definition) is 3. The van der Waals surface area contributed by atoms with Crippen molar-refractivity contribution in [3.8, 4) is 0 Å². The predicted molar refractivity (Wildman–Crippen MR) is 59.9 cm³/mol. The zero-order valence-corrected chi connectivity index (χ0v) is 9.60. The summed E-state index contributed by atoms with van der Waals surface area (Å²) in [6.07, 6.45) is 0. The van der Waals surface area contributed by atoms with Crippen LogP contribution in [0, 0.1) is 5.41 Å². The number of aromatic nitrogens is 2. The molecule has 0 aliphatic carbocycles. The molecule has 1 atom stereocenters. The van der Waals surface area contributed by atoms with Gasteiger partial charge in [-0.05, 0) is 13.0 Å². The van der Waals surface area contributed by atoms with Crippen molar-refractivity contribution in [1.82, 2.24) is 14.7 Å². The van der Waals surface area contributed by atoms with Gasteiger partial charge in [-0.15, -0.1) is 0 Å². The minimum absolute atomic E-state index is 0.119. The average Bonchev–Trinajstić information content (AvgIpc) is 2.58. The number of nitrogens with two attached hydrogens (primary N) is 1. The number of rotatable bonds is 2. The van der Waals surface area contributed by atoms with E-state index in [0.29, 0.717) is 13.2 Å². The number of methoxy groups -OCH3 is 1. The van der Waals surface area contributed by atoms with Crippen LogP contribution in [-0.4, -0.2) is 33.8 Å². The van der Waals surface area contributed by atoms with Crippen LogP contribution in [0.1, 0.15) is 18.3 Å². The van der Waals surface area contributed by atoms with E-state index in [-0.39, 0.29) is 12.0 Å². The maximum absolute atomic E-state index is 7.50. The fourth-order valence-corrected chi connectivity index (χ4v) is 2.02. The number of ether oxygens (including phenoxy) is 1. The number of fused-ring (bicyclic) bond motifs is 1. The van der Waals surface area contributed by atoms with Gasteiger partial charge in [0.05, 0.1) is 31.1 Å². The first-order valence-electron chi connectivity index (χ1n) is 5.27. The Morgan fingerprint density at radius 2 is 2.50 bits per heavy atom. The third-order valence-corrected chi connectivity index (χ3v) is 2.82. The lowest BCUT2D eigenvalue weighted by molar-refractivity contribution is 0.179. The van der Waals surface area contributed by atoms with Gasteiger partial charge >= 0.3 is 0 Å². The lowest BCUT2D eigenvalue weighted by Gasteiger charge is -2.34. The van der Waals surface area contributed by atoms with Gasteiger partial charge < -0.3 is 15.4 Å².